The summed E-state index contributed by atoms with van der Waals surface area (Å²) in [7, 11) is 3.21. The largest absolute Gasteiger partial charge is 0.494 e. The van der Waals surface area contributed by atoms with Crippen LogP contribution in [0.2, 0.25) is 0 Å². The molecule has 1 unspecified atom stereocenters. The van der Waals surface area contributed by atoms with Gasteiger partial charge >= 0.3 is 11.9 Å². The predicted molar refractivity (Wildman–Crippen MR) is 201 cm³/mol. The van der Waals surface area contributed by atoms with Crippen LogP contribution < -0.4 is 21.1 Å². The number of piperidine rings is 2. The van der Waals surface area contributed by atoms with Gasteiger partial charge in [0, 0.05) is 50.8 Å². The minimum Gasteiger partial charge on any atom is -0.494 e. The third-order valence-corrected chi connectivity index (χ3v) is 11.8. The third kappa shape index (κ3) is 7.17. The molecule has 3 aliphatic rings. The van der Waals surface area contributed by atoms with Gasteiger partial charge in [-0.15, -0.1) is 0 Å². The number of likely N-dealkylation sites (tertiary alicyclic amines) is 1. The first-order chi connectivity index (χ1) is 26.9. The van der Waals surface area contributed by atoms with E-state index >= 15 is 0 Å². The summed E-state index contributed by atoms with van der Waals surface area (Å²) in [4.78, 5) is 56.8. The van der Waals surface area contributed by atoms with E-state index in [1.807, 2.05) is 23.0 Å². The molecule has 2 saturated heterocycles. The van der Waals surface area contributed by atoms with Crippen LogP contribution in [0.15, 0.2) is 59.5 Å². The highest BCUT2D eigenvalue weighted by molar-refractivity contribution is 6.05. The van der Waals surface area contributed by atoms with Gasteiger partial charge in [-0.2, -0.15) is 18.3 Å². The van der Waals surface area contributed by atoms with Crippen LogP contribution in [-0.2, 0) is 22.8 Å². The van der Waals surface area contributed by atoms with Crippen LogP contribution in [0, 0.1) is 5.92 Å². The number of nitrogens with one attached hydrogen (secondary N) is 2. The van der Waals surface area contributed by atoms with Gasteiger partial charge in [0.25, 0.3) is 5.91 Å². The van der Waals surface area contributed by atoms with Crippen LogP contribution in [0.25, 0.3) is 21.9 Å². The van der Waals surface area contributed by atoms with Crippen molar-refractivity contribution in [1.82, 2.24) is 34.1 Å². The average Bonchev–Trinajstić information content (AvgIpc) is 3.72. The second-order valence-electron chi connectivity index (χ2n) is 15.2. The fourth-order valence-corrected chi connectivity index (χ4v) is 8.85. The van der Waals surface area contributed by atoms with Crippen molar-refractivity contribution in [2.24, 2.45) is 13.0 Å². The lowest BCUT2D eigenvalue weighted by Gasteiger charge is -2.36. The molecule has 5 aromatic rings. The zero-order valence-electron chi connectivity index (χ0n) is 31.1. The van der Waals surface area contributed by atoms with Crippen molar-refractivity contribution >= 4 is 45.3 Å². The molecule has 294 valence electrons. The van der Waals surface area contributed by atoms with E-state index in [0.29, 0.717) is 35.2 Å². The third-order valence-electron chi connectivity index (χ3n) is 11.8. The fraction of sp³-hybridized carbons (Fsp3) is 0.450. The molecule has 0 radical (unpaired) electrons. The Kier molecular flexibility index (Phi) is 9.93. The Hall–Kier alpha value is -5.51. The maximum absolute atomic E-state index is 13.4. The minimum atomic E-state index is -4.67. The number of aromatic nitrogens is 5. The average molecular weight is 773 g/mol. The molecule has 16 heteroatoms. The fourth-order valence-electron chi connectivity index (χ4n) is 8.85. The van der Waals surface area contributed by atoms with Crippen molar-refractivity contribution in [3.05, 3.63) is 82.2 Å². The summed E-state index contributed by atoms with van der Waals surface area (Å²) in [6.45, 7) is 2.89. The first-order valence-corrected chi connectivity index (χ1v) is 19.1. The molecular formula is C40H43F3N8O5. The number of hydrogen-bond donors (Lipinski definition) is 2. The van der Waals surface area contributed by atoms with E-state index in [0.717, 1.165) is 92.3 Å². The second kappa shape index (κ2) is 14.9. The smallest absolute Gasteiger partial charge is 0.433 e. The quantitative estimate of drug-likeness (QED) is 0.184. The number of alkyl halides is 3. The molecule has 3 aromatic heterocycles. The lowest BCUT2D eigenvalue weighted by atomic mass is 9.78. The number of nitrogens with zero attached hydrogens (tertiary/aromatic N) is 6. The number of aryl methyl sites for hydroxylation is 1. The monoisotopic (exact) mass is 772 g/mol. The van der Waals surface area contributed by atoms with Gasteiger partial charge in [-0.25, -0.2) is 9.78 Å². The lowest BCUT2D eigenvalue weighted by molar-refractivity contribution is -0.141. The van der Waals surface area contributed by atoms with E-state index in [-0.39, 0.29) is 29.8 Å². The van der Waals surface area contributed by atoms with Crippen LogP contribution in [0.1, 0.15) is 91.1 Å². The summed E-state index contributed by atoms with van der Waals surface area (Å²) >= 11 is 0. The summed E-state index contributed by atoms with van der Waals surface area (Å²) in [5.41, 5.74) is 1.98. The van der Waals surface area contributed by atoms with Crippen LogP contribution in [0.3, 0.4) is 0 Å². The van der Waals surface area contributed by atoms with Gasteiger partial charge in [0.1, 0.15) is 23.2 Å². The molecule has 0 bridgehead atoms. The van der Waals surface area contributed by atoms with E-state index in [9.17, 15) is 32.3 Å². The SMILES string of the molecule is COc1cc2nn(C3CCN(CC4CCC(c5cccc6c5n(C)c(=O)n6C5CCC(=O)NC5=O)CC4)CC3)cc2cc1NC(=O)c1cccc(C(F)(F)F)n1. The van der Waals surface area contributed by atoms with Crippen molar-refractivity contribution in [2.45, 2.75) is 75.5 Å². The highest BCUT2D eigenvalue weighted by Crippen LogP contribution is 2.40. The van der Waals surface area contributed by atoms with Crippen molar-refractivity contribution in [2.75, 3.05) is 32.1 Å². The molecule has 2 aromatic carbocycles. The van der Waals surface area contributed by atoms with Gasteiger partial charge in [0.05, 0.1) is 35.4 Å². The number of imidazole rings is 1. The van der Waals surface area contributed by atoms with E-state index < -0.39 is 29.7 Å². The van der Waals surface area contributed by atoms with Gasteiger partial charge in [0.15, 0.2) is 0 Å². The van der Waals surface area contributed by atoms with Crippen LogP contribution in [0.4, 0.5) is 18.9 Å². The van der Waals surface area contributed by atoms with Crippen LogP contribution >= 0.6 is 0 Å². The highest BCUT2D eigenvalue weighted by Gasteiger charge is 2.35. The number of benzene rings is 2. The number of para-hydroxylation sites is 1. The number of fused-ring (bicyclic) bond motifs is 2. The standard InChI is InChI=1S/C40H43F3N8O5/c1-48-36-27(5-3-7-31(36)51(39(48)55)32-13-14-35(52)46-38(32)54)24-11-9-23(10-12-24)21-49-17-15-26(16-18-49)50-22-25-19-30(33(56-2)20-29(25)47-50)45-37(53)28-6-4-8-34(44-28)40(41,42)43/h3-8,19-20,22-24,26,32H,9-18,21H2,1-2H3,(H,45,53)(H,46,52,54). The number of pyridine rings is 1. The number of hydrogen-bond acceptors (Lipinski definition) is 8. The van der Waals surface area contributed by atoms with Crippen molar-refractivity contribution < 1.29 is 32.3 Å². The Morgan fingerprint density at radius 2 is 1.73 bits per heavy atom. The number of halogens is 3. The molecular weight excluding hydrogens is 729 g/mol. The number of anilines is 1. The number of carbonyl (C=O) groups excluding carboxylic acids is 3. The maximum Gasteiger partial charge on any atom is 0.433 e. The molecule has 1 saturated carbocycles. The molecule has 2 N–H and O–H groups in total. The number of methoxy groups -OCH3 is 1. The number of amides is 3. The van der Waals surface area contributed by atoms with E-state index in [1.54, 1.807) is 28.3 Å². The van der Waals surface area contributed by atoms with E-state index in [4.69, 9.17) is 9.84 Å². The van der Waals surface area contributed by atoms with Gasteiger partial charge in [-0.3, -0.25) is 33.5 Å². The van der Waals surface area contributed by atoms with Gasteiger partial charge < -0.3 is 15.0 Å². The minimum absolute atomic E-state index is 0.187. The number of imide groups is 1. The molecule has 1 aliphatic carbocycles. The maximum atomic E-state index is 13.4. The summed E-state index contributed by atoms with van der Waals surface area (Å²) in [6, 6.07) is 12.1. The molecule has 0 spiro atoms. The van der Waals surface area contributed by atoms with Crippen molar-refractivity contribution in [3.63, 3.8) is 0 Å². The Morgan fingerprint density at radius 3 is 2.45 bits per heavy atom. The summed E-state index contributed by atoms with van der Waals surface area (Å²) < 4.78 is 50.2. The predicted octanol–water partition coefficient (Wildman–Crippen LogP) is 5.95. The molecule has 8 rings (SSSR count). The number of rotatable bonds is 8. The van der Waals surface area contributed by atoms with E-state index in [2.05, 4.69) is 26.6 Å². The zero-order valence-corrected chi connectivity index (χ0v) is 31.1. The molecule has 3 fully saturated rings. The second-order valence-corrected chi connectivity index (χ2v) is 15.2. The normalized spacial score (nSPS) is 21.4. The number of ether oxygens (including phenoxy) is 1. The molecule has 1 atom stereocenters. The summed E-state index contributed by atoms with van der Waals surface area (Å²) in [5, 5.41) is 10.6. The molecule has 13 nitrogen and oxygen atoms in total. The van der Waals surface area contributed by atoms with Gasteiger partial charge in [0.2, 0.25) is 11.8 Å². The highest BCUT2D eigenvalue weighted by atomic mass is 19.4. The summed E-state index contributed by atoms with van der Waals surface area (Å²) in [6.07, 6.45) is 3.81. The van der Waals surface area contributed by atoms with Crippen molar-refractivity contribution in [3.8, 4) is 5.75 Å². The topological polar surface area (TPSA) is 145 Å². The Balaban J connectivity index is 0.877. The zero-order chi connectivity index (χ0) is 39.3. The molecule has 2 aliphatic heterocycles. The lowest BCUT2D eigenvalue weighted by Crippen LogP contribution is -2.44. The van der Waals surface area contributed by atoms with Crippen molar-refractivity contribution in [1.29, 1.82) is 0 Å². The van der Waals surface area contributed by atoms with E-state index in [1.165, 1.54) is 13.2 Å². The first kappa shape index (κ1) is 37.4. The molecule has 3 amide bonds. The molecule has 56 heavy (non-hydrogen) atoms. The Labute approximate surface area is 319 Å². The molecule has 5 heterocycles. The number of carbonyl (C=O) groups is 3. The van der Waals surface area contributed by atoms with Gasteiger partial charge in [-0.1, -0.05) is 18.2 Å². The Morgan fingerprint density at radius 1 is 0.982 bits per heavy atom. The van der Waals surface area contributed by atoms with Gasteiger partial charge in [-0.05, 0) is 86.6 Å². The first-order valence-electron chi connectivity index (χ1n) is 19.1. The Bertz CT molecular complexity index is 2380. The summed E-state index contributed by atoms with van der Waals surface area (Å²) in [5.74, 6) is -0.314. The van der Waals surface area contributed by atoms with Crippen LogP contribution in [0.5, 0.6) is 5.75 Å². The van der Waals surface area contributed by atoms with Crippen LogP contribution in [-0.4, -0.2) is 73.3 Å².